The Hall–Kier alpha value is -2.04. The highest BCUT2D eigenvalue weighted by atomic mass is 16.5. The van der Waals surface area contributed by atoms with Gasteiger partial charge < -0.3 is 15.0 Å². The number of carbonyl (C=O) groups excluding carboxylic acids is 2. The largest absolute Gasteiger partial charge is 0.494 e. The van der Waals surface area contributed by atoms with Crippen LogP contribution in [0.15, 0.2) is 24.3 Å². The first-order valence-corrected chi connectivity index (χ1v) is 8.85. The Bertz CT molecular complexity index is 559. The zero-order chi connectivity index (χ0) is 17.4. The third kappa shape index (κ3) is 5.55. The molecule has 132 valence electrons. The third-order valence-corrected chi connectivity index (χ3v) is 4.32. The first-order valence-electron chi connectivity index (χ1n) is 8.85. The van der Waals surface area contributed by atoms with Crippen molar-refractivity contribution in [1.29, 1.82) is 0 Å². The SMILES string of the molecule is CCCOc1cccc(CCNC(=O)[C@H]2CCCN(C(C)=O)C2)c1. The van der Waals surface area contributed by atoms with Crippen molar-refractivity contribution >= 4 is 11.8 Å². The van der Waals surface area contributed by atoms with E-state index < -0.39 is 0 Å². The Morgan fingerprint density at radius 2 is 2.21 bits per heavy atom. The zero-order valence-corrected chi connectivity index (χ0v) is 14.7. The van der Waals surface area contributed by atoms with Gasteiger partial charge >= 0.3 is 0 Å². The average Bonchev–Trinajstić information content (AvgIpc) is 2.60. The normalized spacial score (nSPS) is 17.4. The molecule has 1 N–H and O–H groups in total. The maximum Gasteiger partial charge on any atom is 0.224 e. The summed E-state index contributed by atoms with van der Waals surface area (Å²) in [6.07, 6.45) is 3.52. The molecule has 1 fully saturated rings. The van der Waals surface area contributed by atoms with Gasteiger partial charge in [0.2, 0.25) is 11.8 Å². The number of hydrogen-bond acceptors (Lipinski definition) is 3. The van der Waals surface area contributed by atoms with E-state index in [2.05, 4.69) is 12.2 Å². The molecule has 0 bridgehead atoms. The fraction of sp³-hybridized carbons (Fsp3) is 0.579. The fourth-order valence-electron chi connectivity index (χ4n) is 2.96. The molecular weight excluding hydrogens is 304 g/mol. The van der Waals surface area contributed by atoms with E-state index in [0.717, 1.165) is 43.5 Å². The molecule has 1 heterocycles. The average molecular weight is 332 g/mol. The lowest BCUT2D eigenvalue weighted by Crippen LogP contribution is -2.45. The number of benzene rings is 1. The van der Waals surface area contributed by atoms with Gasteiger partial charge in [-0.3, -0.25) is 9.59 Å². The number of ether oxygens (including phenoxy) is 1. The van der Waals surface area contributed by atoms with E-state index in [1.165, 1.54) is 0 Å². The van der Waals surface area contributed by atoms with Crippen LogP contribution in [-0.4, -0.2) is 43.0 Å². The van der Waals surface area contributed by atoms with Crippen molar-refractivity contribution in [3.05, 3.63) is 29.8 Å². The lowest BCUT2D eigenvalue weighted by molar-refractivity contribution is -0.133. The minimum absolute atomic E-state index is 0.0522. The molecule has 1 aromatic carbocycles. The summed E-state index contributed by atoms with van der Waals surface area (Å²) in [6.45, 7) is 6.28. The number of carbonyl (C=O) groups is 2. The second kappa shape index (κ2) is 9.30. The van der Waals surface area contributed by atoms with Crippen molar-refractivity contribution in [3.63, 3.8) is 0 Å². The van der Waals surface area contributed by atoms with E-state index in [9.17, 15) is 9.59 Å². The van der Waals surface area contributed by atoms with Crippen LogP contribution in [0, 0.1) is 5.92 Å². The van der Waals surface area contributed by atoms with Crippen LogP contribution in [-0.2, 0) is 16.0 Å². The van der Waals surface area contributed by atoms with Crippen LogP contribution in [0.2, 0.25) is 0 Å². The molecule has 2 rings (SSSR count). The number of piperidine rings is 1. The summed E-state index contributed by atoms with van der Waals surface area (Å²) < 4.78 is 5.63. The van der Waals surface area contributed by atoms with Gasteiger partial charge in [0, 0.05) is 26.6 Å². The standard InChI is InChI=1S/C19H28N2O3/c1-3-12-24-18-8-4-6-16(13-18)9-10-20-19(23)17-7-5-11-21(14-17)15(2)22/h4,6,8,13,17H,3,5,7,9-12,14H2,1-2H3,(H,20,23)/t17-/m0/s1. The molecule has 2 amide bonds. The quantitative estimate of drug-likeness (QED) is 0.834. The minimum Gasteiger partial charge on any atom is -0.494 e. The van der Waals surface area contributed by atoms with Crippen molar-refractivity contribution in [2.75, 3.05) is 26.2 Å². The predicted molar refractivity (Wildman–Crippen MR) is 93.9 cm³/mol. The lowest BCUT2D eigenvalue weighted by Gasteiger charge is -2.31. The van der Waals surface area contributed by atoms with Gasteiger partial charge in [0.15, 0.2) is 0 Å². The molecule has 1 atom stereocenters. The lowest BCUT2D eigenvalue weighted by atomic mass is 9.97. The number of hydrogen-bond donors (Lipinski definition) is 1. The topological polar surface area (TPSA) is 58.6 Å². The van der Waals surface area contributed by atoms with Crippen LogP contribution in [0.5, 0.6) is 5.75 Å². The summed E-state index contributed by atoms with van der Waals surface area (Å²) >= 11 is 0. The van der Waals surface area contributed by atoms with E-state index >= 15 is 0 Å². The summed E-state index contributed by atoms with van der Waals surface area (Å²) in [4.78, 5) is 25.5. The van der Waals surface area contributed by atoms with Crippen molar-refractivity contribution in [3.8, 4) is 5.75 Å². The smallest absolute Gasteiger partial charge is 0.224 e. The predicted octanol–water partition coefficient (Wildman–Crippen LogP) is 2.39. The maximum absolute atomic E-state index is 12.3. The number of amides is 2. The Morgan fingerprint density at radius 3 is 2.96 bits per heavy atom. The van der Waals surface area contributed by atoms with E-state index in [1.54, 1.807) is 11.8 Å². The number of nitrogens with zero attached hydrogens (tertiary/aromatic N) is 1. The first-order chi connectivity index (χ1) is 11.6. The minimum atomic E-state index is -0.0816. The Balaban J connectivity index is 1.77. The summed E-state index contributed by atoms with van der Waals surface area (Å²) in [5, 5.41) is 3.01. The van der Waals surface area contributed by atoms with Crippen LogP contribution < -0.4 is 10.1 Å². The molecule has 1 aliphatic rings. The molecule has 1 saturated heterocycles. The van der Waals surface area contributed by atoms with Gasteiger partial charge in [-0.05, 0) is 43.4 Å². The van der Waals surface area contributed by atoms with Crippen molar-refractivity contribution < 1.29 is 14.3 Å². The fourth-order valence-corrected chi connectivity index (χ4v) is 2.96. The molecule has 0 saturated carbocycles. The van der Waals surface area contributed by atoms with E-state index in [0.29, 0.717) is 19.7 Å². The third-order valence-electron chi connectivity index (χ3n) is 4.32. The zero-order valence-electron chi connectivity index (χ0n) is 14.7. The summed E-state index contributed by atoms with van der Waals surface area (Å²) in [5.74, 6) is 0.905. The summed E-state index contributed by atoms with van der Waals surface area (Å²) in [6, 6.07) is 8.01. The van der Waals surface area contributed by atoms with Gasteiger partial charge in [0.25, 0.3) is 0 Å². The monoisotopic (exact) mass is 332 g/mol. The van der Waals surface area contributed by atoms with Gasteiger partial charge in [-0.1, -0.05) is 19.1 Å². The maximum atomic E-state index is 12.3. The molecule has 0 aliphatic carbocycles. The Kier molecular flexibility index (Phi) is 7.09. The Labute approximate surface area is 144 Å². The van der Waals surface area contributed by atoms with Gasteiger partial charge in [0.1, 0.15) is 5.75 Å². The van der Waals surface area contributed by atoms with Crippen molar-refractivity contribution in [2.24, 2.45) is 5.92 Å². The Morgan fingerprint density at radius 1 is 1.38 bits per heavy atom. The highest BCUT2D eigenvalue weighted by molar-refractivity contribution is 5.80. The van der Waals surface area contributed by atoms with Gasteiger partial charge in [-0.2, -0.15) is 0 Å². The number of likely N-dealkylation sites (tertiary alicyclic amines) is 1. The molecular formula is C19H28N2O3. The van der Waals surface area contributed by atoms with Crippen LogP contribution in [0.4, 0.5) is 0 Å². The van der Waals surface area contributed by atoms with Crippen LogP contribution in [0.25, 0.3) is 0 Å². The molecule has 1 aromatic rings. The molecule has 24 heavy (non-hydrogen) atoms. The van der Waals surface area contributed by atoms with Crippen molar-refractivity contribution in [1.82, 2.24) is 10.2 Å². The van der Waals surface area contributed by atoms with E-state index in [1.807, 2.05) is 24.3 Å². The second-order valence-corrected chi connectivity index (χ2v) is 6.34. The van der Waals surface area contributed by atoms with E-state index in [-0.39, 0.29) is 17.7 Å². The van der Waals surface area contributed by atoms with Crippen molar-refractivity contribution in [2.45, 2.75) is 39.5 Å². The molecule has 0 spiro atoms. The second-order valence-electron chi connectivity index (χ2n) is 6.34. The highest BCUT2D eigenvalue weighted by Gasteiger charge is 2.26. The highest BCUT2D eigenvalue weighted by Crippen LogP contribution is 2.17. The molecule has 1 aliphatic heterocycles. The molecule has 5 nitrogen and oxygen atoms in total. The summed E-state index contributed by atoms with van der Waals surface area (Å²) in [7, 11) is 0. The van der Waals surface area contributed by atoms with Crippen LogP contribution >= 0.6 is 0 Å². The summed E-state index contributed by atoms with van der Waals surface area (Å²) in [5.41, 5.74) is 1.15. The number of nitrogens with one attached hydrogen (secondary N) is 1. The van der Waals surface area contributed by atoms with Gasteiger partial charge in [-0.15, -0.1) is 0 Å². The molecule has 0 radical (unpaired) electrons. The number of rotatable bonds is 7. The van der Waals surface area contributed by atoms with Crippen LogP contribution in [0.3, 0.4) is 0 Å². The van der Waals surface area contributed by atoms with Crippen LogP contribution in [0.1, 0.15) is 38.7 Å². The molecule has 5 heteroatoms. The molecule has 0 aromatic heterocycles. The van der Waals surface area contributed by atoms with Gasteiger partial charge in [-0.25, -0.2) is 0 Å². The van der Waals surface area contributed by atoms with E-state index in [4.69, 9.17) is 4.74 Å². The van der Waals surface area contributed by atoms with Gasteiger partial charge in [0.05, 0.1) is 12.5 Å². The molecule has 0 unspecified atom stereocenters. The first kappa shape index (κ1) is 18.3.